The maximum atomic E-state index is 12.5. The first-order chi connectivity index (χ1) is 9.00. The molecule has 2 aromatic carbocycles. The van der Waals surface area contributed by atoms with Crippen molar-refractivity contribution >= 4 is 22.2 Å². The monoisotopic (exact) mass is 256 g/mol. The van der Waals surface area contributed by atoms with Crippen LogP contribution in [0.15, 0.2) is 36.4 Å². The molecule has 1 atom stereocenters. The van der Waals surface area contributed by atoms with Crippen LogP contribution in [-0.2, 0) is 0 Å². The number of hydrogen-bond acceptors (Lipinski definition) is 3. The Bertz CT molecular complexity index is 605. The van der Waals surface area contributed by atoms with E-state index in [1.807, 2.05) is 30.3 Å². The highest BCUT2D eigenvalue weighted by atomic mass is 16.1. The van der Waals surface area contributed by atoms with Gasteiger partial charge in [-0.05, 0) is 29.2 Å². The fourth-order valence-electron chi connectivity index (χ4n) is 2.36. The molecule has 100 valence electrons. The summed E-state index contributed by atoms with van der Waals surface area (Å²) in [5.74, 6) is 0.318. The van der Waals surface area contributed by atoms with Crippen LogP contribution in [0.5, 0.6) is 0 Å². The van der Waals surface area contributed by atoms with E-state index in [1.54, 1.807) is 6.07 Å². The van der Waals surface area contributed by atoms with E-state index < -0.39 is 6.04 Å². The van der Waals surface area contributed by atoms with Crippen molar-refractivity contribution in [2.75, 3.05) is 5.73 Å². The number of benzene rings is 2. The first kappa shape index (κ1) is 13.6. The number of anilines is 1. The Morgan fingerprint density at radius 3 is 2.53 bits per heavy atom. The minimum Gasteiger partial charge on any atom is -0.398 e. The number of nitrogen functional groups attached to an aromatic ring is 1. The molecule has 0 bridgehead atoms. The van der Waals surface area contributed by atoms with Crippen LogP contribution < -0.4 is 11.5 Å². The van der Waals surface area contributed by atoms with Crippen LogP contribution >= 0.6 is 0 Å². The molecule has 0 spiro atoms. The second-order valence-electron chi connectivity index (χ2n) is 5.35. The van der Waals surface area contributed by atoms with Crippen molar-refractivity contribution in [2.45, 2.75) is 26.3 Å². The van der Waals surface area contributed by atoms with Gasteiger partial charge in [-0.2, -0.15) is 0 Å². The van der Waals surface area contributed by atoms with Gasteiger partial charge in [0.15, 0.2) is 5.78 Å². The minimum absolute atomic E-state index is 0.0667. The maximum absolute atomic E-state index is 12.5. The average Bonchev–Trinajstić information content (AvgIpc) is 2.37. The number of carbonyl (C=O) groups is 1. The highest BCUT2D eigenvalue weighted by molar-refractivity contribution is 6.14. The van der Waals surface area contributed by atoms with E-state index in [4.69, 9.17) is 11.5 Å². The molecule has 2 rings (SSSR count). The molecule has 2 aromatic rings. The molecule has 0 aromatic heterocycles. The molecule has 3 heteroatoms. The Balaban J connectivity index is 2.49. The summed E-state index contributed by atoms with van der Waals surface area (Å²) in [5.41, 5.74) is 13.0. The molecule has 0 heterocycles. The van der Waals surface area contributed by atoms with Gasteiger partial charge >= 0.3 is 0 Å². The van der Waals surface area contributed by atoms with Gasteiger partial charge < -0.3 is 11.5 Å². The van der Waals surface area contributed by atoms with Crippen LogP contribution in [0.4, 0.5) is 5.69 Å². The van der Waals surface area contributed by atoms with E-state index >= 15 is 0 Å². The second-order valence-corrected chi connectivity index (χ2v) is 5.35. The zero-order chi connectivity index (χ0) is 14.0. The van der Waals surface area contributed by atoms with Gasteiger partial charge in [0.25, 0.3) is 0 Å². The van der Waals surface area contributed by atoms with Gasteiger partial charge in [0.2, 0.25) is 0 Å². The average molecular weight is 256 g/mol. The largest absolute Gasteiger partial charge is 0.398 e. The highest BCUT2D eigenvalue weighted by Crippen LogP contribution is 2.26. The number of carbonyl (C=O) groups excluding carboxylic acids is 1. The smallest absolute Gasteiger partial charge is 0.182 e. The summed E-state index contributed by atoms with van der Waals surface area (Å²) in [5, 5.41) is 1.89. The van der Waals surface area contributed by atoms with Gasteiger partial charge in [0.1, 0.15) is 0 Å². The number of Topliss-reactive ketones (excluding diaryl/α,β-unsaturated/α-hetero) is 1. The third kappa shape index (κ3) is 2.76. The third-order valence-corrected chi connectivity index (χ3v) is 3.27. The quantitative estimate of drug-likeness (QED) is 0.652. The van der Waals surface area contributed by atoms with Gasteiger partial charge in [0, 0.05) is 11.3 Å². The van der Waals surface area contributed by atoms with Crippen molar-refractivity contribution in [1.82, 2.24) is 0 Å². The van der Waals surface area contributed by atoms with E-state index in [1.165, 1.54) is 0 Å². The lowest BCUT2D eigenvalue weighted by atomic mass is 9.92. The van der Waals surface area contributed by atoms with Gasteiger partial charge in [-0.1, -0.05) is 44.2 Å². The van der Waals surface area contributed by atoms with Crippen molar-refractivity contribution in [3.05, 3.63) is 42.0 Å². The van der Waals surface area contributed by atoms with Gasteiger partial charge in [0.05, 0.1) is 6.04 Å². The van der Waals surface area contributed by atoms with Gasteiger partial charge in [-0.25, -0.2) is 0 Å². The van der Waals surface area contributed by atoms with E-state index in [2.05, 4.69) is 13.8 Å². The lowest BCUT2D eigenvalue weighted by molar-refractivity contribution is 0.0953. The van der Waals surface area contributed by atoms with Crippen LogP contribution in [0, 0.1) is 5.92 Å². The molecule has 0 fully saturated rings. The Morgan fingerprint density at radius 1 is 1.16 bits per heavy atom. The zero-order valence-corrected chi connectivity index (χ0v) is 11.4. The predicted octanol–water partition coefficient (Wildman–Crippen LogP) is 2.98. The normalized spacial score (nSPS) is 12.8. The fourth-order valence-corrected chi connectivity index (χ4v) is 2.36. The van der Waals surface area contributed by atoms with Crippen molar-refractivity contribution in [3.8, 4) is 0 Å². The number of rotatable bonds is 4. The van der Waals surface area contributed by atoms with Crippen LogP contribution in [-0.4, -0.2) is 11.8 Å². The van der Waals surface area contributed by atoms with Gasteiger partial charge in [-0.15, -0.1) is 0 Å². The molecule has 0 aliphatic rings. The summed E-state index contributed by atoms with van der Waals surface area (Å²) in [6, 6.07) is 11.0. The summed E-state index contributed by atoms with van der Waals surface area (Å²) in [6.45, 7) is 4.11. The van der Waals surface area contributed by atoms with Crippen molar-refractivity contribution in [1.29, 1.82) is 0 Å². The molecule has 19 heavy (non-hydrogen) atoms. The molecule has 0 saturated carbocycles. The number of hydrogen-bond donors (Lipinski definition) is 2. The van der Waals surface area contributed by atoms with Crippen LogP contribution in [0.2, 0.25) is 0 Å². The fraction of sp³-hybridized carbons (Fsp3) is 0.312. The number of nitrogens with two attached hydrogens (primary N) is 2. The third-order valence-electron chi connectivity index (χ3n) is 3.27. The zero-order valence-electron chi connectivity index (χ0n) is 11.4. The molecule has 3 nitrogen and oxygen atoms in total. The van der Waals surface area contributed by atoms with E-state index in [0.717, 1.165) is 10.8 Å². The van der Waals surface area contributed by atoms with Crippen molar-refractivity contribution in [2.24, 2.45) is 11.7 Å². The number of fused-ring (bicyclic) bond motifs is 1. The second kappa shape index (κ2) is 5.41. The van der Waals surface area contributed by atoms with E-state index in [0.29, 0.717) is 23.6 Å². The summed E-state index contributed by atoms with van der Waals surface area (Å²) in [7, 11) is 0. The van der Waals surface area contributed by atoms with Crippen molar-refractivity contribution in [3.63, 3.8) is 0 Å². The Hall–Kier alpha value is -1.87. The molecule has 0 unspecified atom stereocenters. The van der Waals surface area contributed by atoms with Gasteiger partial charge in [-0.3, -0.25) is 4.79 Å². The standard InChI is InChI=1S/C16H20N2O/c1-10(2)9-14(18)16(19)15-12-6-4-3-5-11(12)7-8-13(15)17/h3-8,10,14H,9,17-18H2,1-2H3/t14-/m0/s1. The minimum atomic E-state index is -0.492. The highest BCUT2D eigenvalue weighted by Gasteiger charge is 2.21. The Labute approximate surface area is 113 Å². The van der Waals surface area contributed by atoms with E-state index in [9.17, 15) is 4.79 Å². The van der Waals surface area contributed by atoms with E-state index in [-0.39, 0.29) is 5.78 Å². The topological polar surface area (TPSA) is 69.1 Å². The Morgan fingerprint density at radius 2 is 1.84 bits per heavy atom. The van der Waals surface area contributed by atoms with Crippen LogP contribution in [0.3, 0.4) is 0 Å². The summed E-state index contributed by atoms with van der Waals surface area (Å²) in [4.78, 5) is 12.5. The Kier molecular flexibility index (Phi) is 3.86. The molecule has 0 aliphatic heterocycles. The summed E-state index contributed by atoms with van der Waals surface area (Å²) < 4.78 is 0. The summed E-state index contributed by atoms with van der Waals surface area (Å²) in [6.07, 6.45) is 0.668. The summed E-state index contributed by atoms with van der Waals surface area (Å²) >= 11 is 0. The molecule has 4 N–H and O–H groups in total. The lowest BCUT2D eigenvalue weighted by Gasteiger charge is -2.16. The molecule has 0 saturated heterocycles. The van der Waals surface area contributed by atoms with Crippen molar-refractivity contribution < 1.29 is 4.79 Å². The molecule has 0 radical (unpaired) electrons. The first-order valence-electron chi connectivity index (χ1n) is 6.57. The molecular formula is C16H20N2O. The maximum Gasteiger partial charge on any atom is 0.182 e. The lowest BCUT2D eigenvalue weighted by Crippen LogP contribution is -2.32. The first-order valence-corrected chi connectivity index (χ1v) is 6.57. The molecule has 0 amide bonds. The number of ketones is 1. The molecular weight excluding hydrogens is 236 g/mol. The molecule has 0 aliphatic carbocycles. The predicted molar refractivity (Wildman–Crippen MR) is 80.1 cm³/mol. The van der Waals surface area contributed by atoms with Crippen LogP contribution in [0.1, 0.15) is 30.6 Å². The SMILES string of the molecule is CC(C)C[C@H](N)C(=O)c1c(N)ccc2ccccc12. The van der Waals surface area contributed by atoms with Crippen LogP contribution in [0.25, 0.3) is 10.8 Å².